The second-order valence-corrected chi connectivity index (χ2v) is 2.14. The molecule has 0 aliphatic heterocycles. The van der Waals surface area contributed by atoms with Gasteiger partial charge < -0.3 is 10.5 Å². The largest absolute Gasteiger partial charge is 0.378 e. The minimum absolute atomic E-state index is 0. The lowest BCUT2D eigenvalue weighted by Gasteiger charge is -2.04. The fourth-order valence-electron chi connectivity index (χ4n) is 0.395. The lowest BCUT2D eigenvalue weighted by Crippen LogP contribution is -2.15. The van der Waals surface area contributed by atoms with Gasteiger partial charge in [-0.2, -0.15) is 0 Å². The molecule has 0 aromatic rings. The summed E-state index contributed by atoms with van der Waals surface area (Å²) in [5.74, 6) is -0.310. The van der Waals surface area contributed by atoms with Gasteiger partial charge in [-0.25, -0.2) is 0 Å². The van der Waals surface area contributed by atoms with Gasteiger partial charge in [0, 0.05) is 6.42 Å². The zero-order valence-electron chi connectivity index (χ0n) is 6.29. The number of halogens is 1. The molecule has 0 spiro atoms. The van der Waals surface area contributed by atoms with Gasteiger partial charge in [-0.1, -0.05) is 0 Å². The van der Waals surface area contributed by atoms with Crippen LogP contribution in [0.4, 0.5) is 0 Å². The summed E-state index contributed by atoms with van der Waals surface area (Å²) in [6, 6.07) is 0. The van der Waals surface area contributed by atoms with Crippen LogP contribution >= 0.6 is 12.4 Å². The van der Waals surface area contributed by atoms with Gasteiger partial charge >= 0.3 is 0 Å². The molecule has 3 nitrogen and oxygen atoms in total. The highest BCUT2D eigenvalue weighted by Gasteiger charge is 1.95. The van der Waals surface area contributed by atoms with E-state index in [4.69, 9.17) is 10.5 Å². The van der Waals surface area contributed by atoms with Crippen LogP contribution in [0.1, 0.15) is 20.3 Å². The van der Waals surface area contributed by atoms with Gasteiger partial charge in [-0.05, 0) is 13.8 Å². The molecule has 10 heavy (non-hydrogen) atoms. The molecule has 4 heteroatoms. The Bertz CT molecular complexity index is 95.7. The Balaban J connectivity index is 0. The third kappa shape index (κ3) is 10.7. The molecule has 0 aliphatic rings. The number of carbonyl (C=O) groups is 1. The van der Waals surface area contributed by atoms with Crippen molar-refractivity contribution >= 4 is 18.3 Å². The number of ether oxygens (including phenoxy) is 1. The second-order valence-electron chi connectivity index (χ2n) is 2.14. The van der Waals surface area contributed by atoms with E-state index in [1.54, 1.807) is 0 Å². The first kappa shape index (κ1) is 12.4. The van der Waals surface area contributed by atoms with Crippen molar-refractivity contribution in [3.63, 3.8) is 0 Å². The van der Waals surface area contributed by atoms with E-state index in [1.165, 1.54) is 0 Å². The first-order valence-electron chi connectivity index (χ1n) is 3.03. The Labute approximate surface area is 67.3 Å². The lowest BCUT2D eigenvalue weighted by molar-refractivity contribution is -0.119. The van der Waals surface area contributed by atoms with Crippen molar-refractivity contribution in [2.24, 2.45) is 5.73 Å². The van der Waals surface area contributed by atoms with E-state index in [9.17, 15) is 4.79 Å². The molecule has 0 unspecified atom stereocenters. The maximum atomic E-state index is 10.1. The van der Waals surface area contributed by atoms with Gasteiger partial charge in [0.25, 0.3) is 0 Å². The number of carbonyl (C=O) groups excluding carboxylic acids is 1. The van der Waals surface area contributed by atoms with E-state index < -0.39 is 0 Å². The molecule has 0 heterocycles. The maximum absolute atomic E-state index is 10.1. The van der Waals surface area contributed by atoms with Crippen molar-refractivity contribution in [1.29, 1.82) is 0 Å². The van der Waals surface area contributed by atoms with Crippen molar-refractivity contribution in [3.05, 3.63) is 0 Å². The topological polar surface area (TPSA) is 52.3 Å². The van der Waals surface area contributed by atoms with Crippen LogP contribution in [-0.4, -0.2) is 18.6 Å². The smallest absolute Gasteiger partial charge is 0.219 e. The summed E-state index contributed by atoms with van der Waals surface area (Å²) >= 11 is 0. The van der Waals surface area contributed by atoms with Crippen LogP contribution in [0.2, 0.25) is 0 Å². The molecule has 0 bridgehead atoms. The van der Waals surface area contributed by atoms with Crippen molar-refractivity contribution in [2.75, 3.05) is 6.61 Å². The average Bonchev–Trinajstić information content (AvgIpc) is 1.63. The summed E-state index contributed by atoms with van der Waals surface area (Å²) in [5, 5.41) is 0. The standard InChI is InChI=1S/C6H13NO2.ClH/c1-5(2)9-4-3-6(7)8;/h5H,3-4H2,1-2H3,(H2,7,8);1H. The van der Waals surface area contributed by atoms with Crippen LogP contribution in [0.15, 0.2) is 0 Å². The monoisotopic (exact) mass is 167 g/mol. The number of rotatable bonds is 4. The molecule has 0 aliphatic carbocycles. The molecule has 0 atom stereocenters. The highest BCUT2D eigenvalue weighted by molar-refractivity contribution is 5.85. The first-order chi connectivity index (χ1) is 4.13. The molecular weight excluding hydrogens is 154 g/mol. The zero-order chi connectivity index (χ0) is 7.28. The van der Waals surface area contributed by atoms with Gasteiger partial charge in [-0.3, -0.25) is 4.79 Å². The summed E-state index contributed by atoms with van der Waals surface area (Å²) in [4.78, 5) is 10.1. The van der Waals surface area contributed by atoms with E-state index in [1.807, 2.05) is 13.8 Å². The van der Waals surface area contributed by atoms with E-state index in [0.717, 1.165) is 0 Å². The molecule has 0 rings (SSSR count). The highest BCUT2D eigenvalue weighted by Crippen LogP contribution is 1.88. The fraction of sp³-hybridized carbons (Fsp3) is 0.833. The number of nitrogens with two attached hydrogens (primary N) is 1. The van der Waals surface area contributed by atoms with Crippen LogP contribution in [0.3, 0.4) is 0 Å². The number of primary amides is 1. The SMILES string of the molecule is CC(C)OCCC(N)=O.Cl. The molecule has 0 saturated carbocycles. The van der Waals surface area contributed by atoms with Gasteiger partial charge in [-0.15, -0.1) is 12.4 Å². The van der Waals surface area contributed by atoms with Gasteiger partial charge in [0.1, 0.15) is 0 Å². The third-order valence-electron chi connectivity index (χ3n) is 0.800. The maximum Gasteiger partial charge on any atom is 0.219 e. The summed E-state index contributed by atoms with van der Waals surface area (Å²) in [5.41, 5.74) is 4.86. The Morgan fingerprint density at radius 2 is 2.10 bits per heavy atom. The van der Waals surface area contributed by atoms with Crippen molar-refractivity contribution in [3.8, 4) is 0 Å². The van der Waals surface area contributed by atoms with Crippen LogP contribution in [0.25, 0.3) is 0 Å². The summed E-state index contributed by atoms with van der Waals surface area (Å²) in [6.07, 6.45) is 0.502. The number of hydrogen-bond acceptors (Lipinski definition) is 2. The summed E-state index contributed by atoms with van der Waals surface area (Å²) in [7, 11) is 0. The van der Waals surface area contributed by atoms with Gasteiger partial charge in [0.15, 0.2) is 0 Å². The van der Waals surface area contributed by atoms with Crippen molar-refractivity contribution in [1.82, 2.24) is 0 Å². The Morgan fingerprint density at radius 1 is 1.60 bits per heavy atom. The third-order valence-corrected chi connectivity index (χ3v) is 0.800. The number of hydrogen-bond donors (Lipinski definition) is 1. The normalized spacial score (nSPS) is 9.10. The summed E-state index contributed by atoms with van der Waals surface area (Å²) < 4.78 is 5.05. The lowest BCUT2D eigenvalue weighted by atomic mass is 10.4. The summed E-state index contributed by atoms with van der Waals surface area (Å²) in [6.45, 7) is 4.27. The molecular formula is C6H14ClNO2. The molecule has 0 fully saturated rings. The van der Waals surface area contributed by atoms with E-state index in [-0.39, 0.29) is 24.4 Å². The second kappa shape index (κ2) is 6.83. The molecule has 1 amide bonds. The minimum Gasteiger partial charge on any atom is -0.378 e. The molecule has 62 valence electrons. The molecule has 0 saturated heterocycles. The zero-order valence-corrected chi connectivity index (χ0v) is 7.11. The average molecular weight is 168 g/mol. The number of amides is 1. The van der Waals surface area contributed by atoms with Crippen LogP contribution in [0.5, 0.6) is 0 Å². The van der Waals surface area contributed by atoms with Crippen LogP contribution in [-0.2, 0) is 9.53 Å². The molecule has 0 aromatic heterocycles. The quantitative estimate of drug-likeness (QED) is 0.671. The predicted octanol–water partition coefficient (Wildman–Crippen LogP) is 0.709. The first-order valence-corrected chi connectivity index (χ1v) is 3.03. The van der Waals surface area contributed by atoms with Gasteiger partial charge in [0.2, 0.25) is 5.91 Å². The Morgan fingerprint density at radius 3 is 2.40 bits per heavy atom. The molecule has 0 aromatic carbocycles. The van der Waals surface area contributed by atoms with Gasteiger partial charge in [0.05, 0.1) is 12.7 Å². The van der Waals surface area contributed by atoms with Crippen LogP contribution < -0.4 is 5.73 Å². The van der Waals surface area contributed by atoms with Crippen molar-refractivity contribution < 1.29 is 9.53 Å². The minimum atomic E-state index is -0.310. The van der Waals surface area contributed by atoms with Crippen molar-refractivity contribution in [2.45, 2.75) is 26.4 Å². The Kier molecular flexibility index (Phi) is 8.48. The van der Waals surface area contributed by atoms with Crippen LogP contribution in [0, 0.1) is 0 Å². The molecule has 2 N–H and O–H groups in total. The molecule has 0 radical (unpaired) electrons. The van der Waals surface area contributed by atoms with E-state index >= 15 is 0 Å². The van der Waals surface area contributed by atoms with E-state index in [0.29, 0.717) is 13.0 Å². The van der Waals surface area contributed by atoms with E-state index in [2.05, 4.69) is 0 Å². The predicted molar refractivity (Wildman–Crippen MR) is 42.1 cm³/mol. The Hall–Kier alpha value is -0.280. The highest BCUT2D eigenvalue weighted by atomic mass is 35.5. The fourth-order valence-corrected chi connectivity index (χ4v) is 0.395.